The molecule has 1 aliphatic heterocycles. The number of halogens is 3. The van der Waals surface area contributed by atoms with Crippen LogP contribution >= 0.6 is 0 Å². The van der Waals surface area contributed by atoms with Crippen molar-refractivity contribution in [2.45, 2.75) is 31.7 Å². The zero-order valence-corrected chi connectivity index (χ0v) is 16.9. The smallest absolute Gasteiger partial charge is 0.303 e. The normalized spacial score (nSPS) is 21.4. The number of carbonyl (C=O) groups is 1. The minimum atomic E-state index is -1.55. The van der Waals surface area contributed by atoms with Gasteiger partial charge in [0, 0.05) is 23.5 Å². The van der Waals surface area contributed by atoms with Gasteiger partial charge in [0.05, 0.1) is 19.8 Å². The lowest BCUT2D eigenvalue weighted by Crippen LogP contribution is -2.31. The molecule has 0 aliphatic carbocycles. The Balaban J connectivity index is 1.84. The third-order valence-electron chi connectivity index (χ3n) is 5.01. The van der Waals surface area contributed by atoms with Crippen molar-refractivity contribution in [1.29, 1.82) is 0 Å². The number of carboxylic acids is 1. The van der Waals surface area contributed by atoms with Crippen LogP contribution in [0.25, 0.3) is 0 Å². The number of methoxy groups -OCH3 is 1. The fourth-order valence-electron chi connectivity index (χ4n) is 3.48. The molecule has 1 fully saturated rings. The van der Waals surface area contributed by atoms with E-state index in [2.05, 4.69) is 0 Å². The number of hydrogen-bond acceptors (Lipinski definition) is 4. The molecule has 5 nitrogen and oxygen atoms in total. The molecule has 8 heteroatoms. The van der Waals surface area contributed by atoms with Crippen molar-refractivity contribution in [2.24, 2.45) is 5.92 Å². The van der Waals surface area contributed by atoms with Crippen molar-refractivity contribution in [2.75, 3.05) is 13.7 Å². The summed E-state index contributed by atoms with van der Waals surface area (Å²) in [6.07, 6.45) is 2.99. The van der Waals surface area contributed by atoms with Crippen LogP contribution < -0.4 is 4.74 Å². The molecule has 2 aromatic rings. The molecular weight excluding hydrogens is 413 g/mol. The first kappa shape index (κ1) is 22.8. The van der Waals surface area contributed by atoms with Crippen molar-refractivity contribution in [3.8, 4) is 5.75 Å². The third kappa shape index (κ3) is 5.65. The van der Waals surface area contributed by atoms with Crippen molar-refractivity contribution < 1.29 is 37.3 Å². The van der Waals surface area contributed by atoms with E-state index in [4.69, 9.17) is 19.3 Å². The van der Waals surface area contributed by atoms with Crippen LogP contribution in [-0.2, 0) is 14.3 Å². The second kappa shape index (κ2) is 10.5. The summed E-state index contributed by atoms with van der Waals surface area (Å²) in [5.41, 5.74) is 0.775. The molecular formula is C23H23F3O5. The molecule has 0 amide bonds. The molecule has 3 rings (SSSR count). The SMILES string of the molecule is COc1ccccc1[C@H]1O[C@@H](c2cc(F)c(F)c(F)c2)OCC1C/C=C\CCC(=O)O. The Morgan fingerprint density at radius 2 is 1.90 bits per heavy atom. The van der Waals surface area contributed by atoms with E-state index in [-0.39, 0.29) is 24.5 Å². The van der Waals surface area contributed by atoms with Gasteiger partial charge in [-0.25, -0.2) is 13.2 Å². The summed E-state index contributed by atoms with van der Waals surface area (Å²) in [6, 6.07) is 8.95. The van der Waals surface area contributed by atoms with Gasteiger partial charge in [-0.3, -0.25) is 4.79 Å². The minimum absolute atomic E-state index is 0.0340. The zero-order valence-electron chi connectivity index (χ0n) is 16.9. The molecule has 3 atom stereocenters. The van der Waals surface area contributed by atoms with E-state index >= 15 is 0 Å². The van der Waals surface area contributed by atoms with E-state index in [9.17, 15) is 18.0 Å². The highest BCUT2D eigenvalue weighted by atomic mass is 19.2. The Morgan fingerprint density at radius 1 is 1.19 bits per heavy atom. The standard InChI is InChI=1S/C23H23F3O5/c1-29-19-9-6-5-8-16(19)22-14(7-3-2-4-10-20(27)28)13-30-23(31-22)15-11-17(24)21(26)18(25)12-15/h2-3,5-6,8-9,11-12,14,22-23H,4,7,10,13H2,1H3,(H,27,28)/b3-2-/t14?,22-,23-/m0/s1. The van der Waals surface area contributed by atoms with E-state index < -0.39 is 35.8 Å². The predicted molar refractivity (Wildman–Crippen MR) is 106 cm³/mol. The highest BCUT2D eigenvalue weighted by molar-refractivity contribution is 5.66. The maximum absolute atomic E-state index is 13.7. The number of para-hydroxylation sites is 1. The quantitative estimate of drug-likeness (QED) is 0.448. The molecule has 1 saturated heterocycles. The lowest BCUT2D eigenvalue weighted by atomic mass is 9.91. The van der Waals surface area contributed by atoms with Gasteiger partial charge in [-0.1, -0.05) is 30.4 Å². The molecule has 1 heterocycles. The van der Waals surface area contributed by atoms with Crippen LogP contribution in [0.15, 0.2) is 48.6 Å². The predicted octanol–water partition coefficient (Wildman–Crippen LogP) is 5.33. The van der Waals surface area contributed by atoms with E-state index in [1.807, 2.05) is 24.3 Å². The highest BCUT2D eigenvalue weighted by Crippen LogP contribution is 2.43. The highest BCUT2D eigenvalue weighted by Gasteiger charge is 2.35. The third-order valence-corrected chi connectivity index (χ3v) is 5.01. The fourth-order valence-corrected chi connectivity index (χ4v) is 3.48. The van der Waals surface area contributed by atoms with Crippen molar-refractivity contribution in [3.63, 3.8) is 0 Å². The van der Waals surface area contributed by atoms with Gasteiger partial charge < -0.3 is 19.3 Å². The molecule has 2 aromatic carbocycles. The maximum atomic E-state index is 13.7. The molecule has 0 bridgehead atoms. The average molecular weight is 436 g/mol. The number of rotatable bonds is 8. The number of benzene rings is 2. The summed E-state index contributed by atoms with van der Waals surface area (Å²) in [5, 5.41) is 8.74. The molecule has 31 heavy (non-hydrogen) atoms. The van der Waals surface area contributed by atoms with Gasteiger partial charge in [0.25, 0.3) is 0 Å². The van der Waals surface area contributed by atoms with Crippen LogP contribution in [0.5, 0.6) is 5.75 Å². The number of allylic oxidation sites excluding steroid dienone is 2. The second-order valence-corrected chi connectivity index (χ2v) is 7.16. The molecule has 166 valence electrons. The number of aliphatic carboxylic acids is 1. The van der Waals surface area contributed by atoms with E-state index in [1.54, 1.807) is 12.1 Å². The van der Waals surface area contributed by atoms with E-state index in [0.717, 1.165) is 17.7 Å². The topological polar surface area (TPSA) is 65.0 Å². The largest absolute Gasteiger partial charge is 0.496 e. The van der Waals surface area contributed by atoms with Crippen molar-refractivity contribution in [3.05, 3.63) is 77.1 Å². The summed E-state index contributed by atoms with van der Waals surface area (Å²) < 4.78 is 58.0. The van der Waals surface area contributed by atoms with Gasteiger partial charge in [-0.2, -0.15) is 0 Å². The summed E-state index contributed by atoms with van der Waals surface area (Å²) in [6.45, 7) is 0.206. The number of hydrogen-bond donors (Lipinski definition) is 1. The molecule has 0 aromatic heterocycles. The van der Waals surface area contributed by atoms with Crippen LogP contribution in [0.4, 0.5) is 13.2 Å². The minimum Gasteiger partial charge on any atom is -0.496 e. The Hall–Kier alpha value is -2.84. The van der Waals surface area contributed by atoms with Gasteiger partial charge in [0.15, 0.2) is 23.7 Å². The first-order chi connectivity index (χ1) is 14.9. The van der Waals surface area contributed by atoms with Crippen LogP contribution in [0, 0.1) is 23.4 Å². The van der Waals surface area contributed by atoms with Gasteiger partial charge in [0.1, 0.15) is 5.75 Å². The van der Waals surface area contributed by atoms with E-state index in [1.165, 1.54) is 7.11 Å². The van der Waals surface area contributed by atoms with Crippen LogP contribution in [-0.4, -0.2) is 24.8 Å². The molecule has 1 unspecified atom stereocenters. The molecule has 0 saturated carbocycles. The first-order valence-electron chi connectivity index (χ1n) is 9.82. The van der Waals surface area contributed by atoms with Crippen LogP contribution in [0.2, 0.25) is 0 Å². The van der Waals surface area contributed by atoms with Crippen molar-refractivity contribution in [1.82, 2.24) is 0 Å². The Labute approximate surface area is 178 Å². The fraction of sp³-hybridized carbons (Fsp3) is 0.348. The Kier molecular flexibility index (Phi) is 7.70. The maximum Gasteiger partial charge on any atom is 0.303 e. The lowest BCUT2D eigenvalue weighted by molar-refractivity contribution is -0.244. The zero-order chi connectivity index (χ0) is 22.4. The summed E-state index contributed by atoms with van der Waals surface area (Å²) >= 11 is 0. The monoisotopic (exact) mass is 436 g/mol. The van der Waals surface area contributed by atoms with Gasteiger partial charge >= 0.3 is 5.97 Å². The Morgan fingerprint density at radius 3 is 2.58 bits per heavy atom. The first-order valence-corrected chi connectivity index (χ1v) is 9.82. The average Bonchev–Trinajstić information content (AvgIpc) is 2.76. The molecule has 0 radical (unpaired) electrons. The number of carboxylic acid groups (broad SMARTS) is 1. The molecule has 0 spiro atoms. The summed E-state index contributed by atoms with van der Waals surface area (Å²) in [4.78, 5) is 10.6. The van der Waals surface area contributed by atoms with Gasteiger partial charge in [-0.15, -0.1) is 0 Å². The lowest BCUT2D eigenvalue weighted by Gasteiger charge is -2.37. The van der Waals surface area contributed by atoms with Crippen molar-refractivity contribution >= 4 is 5.97 Å². The van der Waals surface area contributed by atoms with E-state index in [0.29, 0.717) is 18.6 Å². The summed E-state index contributed by atoms with van der Waals surface area (Å²) in [7, 11) is 1.53. The Bertz CT molecular complexity index is 924. The second-order valence-electron chi connectivity index (χ2n) is 7.16. The van der Waals surface area contributed by atoms with Crippen LogP contribution in [0.1, 0.15) is 42.8 Å². The summed E-state index contributed by atoms with van der Waals surface area (Å²) in [5.74, 6) is -4.64. The van der Waals surface area contributed by atoms with Gasteiger partial charge in [0.2, 0.25) is 0 Å². The molecule has 1 N–H and O–H groups in total. The number of ether oxygens (including phenoxy) is 3. The van der Waals surface area contributed by atoms with Crippen LogP contribution in [0.3, 0.4) is 0 Å². The molecule has 1 aliphatic rings. The van der Waals surface area contributed by atoms with Gasteiger partial charge in [-0.05, 0) is 31.0 Å².